The SMILES string of the molecule is O=[N+]([O-])c1ccc(N/N=C/c2ccc(CN3CCOCC3)c(O)c2)c([N+](=O)[O-])c1. The number of hydrazone groups is 1. The van der Waals surface area contributed by atoms with Gasteiger partial charge in [-0.15, -0.1) is 0 Å². The minimum atomic E-state index is -0.725. The zero-order chi connectivity index (χ0) is 20.8. The number of aromatic hydroxyl groups is 1. The normalized spacial score (nSPS) is 14.8. The van der Waals surface area contributed by atoms with Crippen molar-refractivity contribution >= 4 is 23.3 Å². The number of benzene rings is 2. The van der Waals surface area contributed by atoms with Gasteiger partial charge >= 0.3 is 5.69 Å². The lowest BCUT2D eigenvalue weighted by molar-refractivity contribution is -0.393. The molecule has 0 bridgehead atoms. The number of nitrogens with zero attached hydrogens (tertiary/aromatic N) is 4. The van der Waals surface area contributed by atoms with E-state index in [1.807, 2.05) is 0 Å². The standard InChI is InChI=1S/C18H19N5O6/c24-18-9-13(1-2-14(18)12-21-5-7-29-8-6-21)11-19-20-16-4-3-15(22(25)26)10-17(16)23(27)28/h1-4,9-11,20,24H,5-8,12H2/b19-11+. The number of hydrogen-bond acceptors (Lipinski definition) is 9. The summed E-state index contributed by atoms with van der Waals surface area (Å²) in [5.41, 5.74) is 3.06. The van der Waals surface area contributed by atoms with E-state index in [-0.39, 0.29) is 17.1 Å². The van der Waals surface area contributed by atoms with Crippen molar-refractivity contribution in [1.29, 1.82) is 0 Å². The summed E-state index contributed by atoms with van der Waals surface area (Å²) in [4.78, 5) is 22.6. The van der Waals surface area contributed by atoms with E-state index in [2.05, 4.69) is 15.4 Å². The van der Waals surface area contributed by atoms with E-state index in [9.17, 15) is 25.3 Å². The first kappa shape index (κ1) is 20.2. The third-order valence-electron chi connectivity index (χ3n) is 4.39. The molecular weight excluding hydrogens is 382 g/mol. The third-order valence-corrected chi connectivity index (χ3v) is 4.39. The van der Waals surface area contributed by atoms with Gasteiger partial charge < -0.3 is 9.84 Å². The van der Waals surface area contributed by atoms with Crippen LogP contribution < -0.4 is 5.43 Å². The second-order valence-corrected chi connectivity index (χ2v) is 6.36. The number of phenolic OH excluding ortho intramolecular Hbond substituents is 1. The van der Waals surface area contributed by atoms with Gasteiger partial charge in [-0.1, -0.05) is 12.1 Å². The van der Waals surface area contributed by atoms with Crippen LogP contribution in [0.15, 0.2) is 41.5 Å². The van der Waals surface area contributed by atoms with Crippen LogP contribution in [0.2, 0.25) is 0 Å². The maximum atomic E-state index is 11.1. The Kier molecular flexibility index (Phi) is 6.32. The predicted molar refractivity (Wildman–Crippen MR) is 105 cm³/mol. The molecular formula is C18H19N5O6. The van der Waals surface area contributed by atoms with Gasteiger partial charge in [0.25, 0.3) is 5.69 Å². The average Bonchev–Trinajstić information content (AvgIpc) is 2.70. The Morgan fingerprint density at radius 2 is 1.90 bits per heavy atom. The molecule has 11 heteroatoms. The number of nitrogens with one attached hydrogen (secondary N) is 1. The molecule has 1 fully saturated rings. The van der Waals surface area contributed by atoms with E-state index in [1.165, 1.54) is 12.3 Å². The number of hydrogen-bond donors (Lipinski definition) is 2. The van der Waals surface area contributed by atoms with Crippen LogP contribution in [0.4, 0.5) is 17.1 Å². The summed E-state index contributed by atoms with van der Waals surface area (Å²) in [6, 6.07) is 8.34. The third kappa shape index (κ3) is 5.24. The minimum absolute atomic E-state index is 0.0185. The van der Waals surface area contributed by atoms with Crippen LogP contribution >= 0.6 is 0 Å². The van der Waals surface area contributed by atoms with E-state index >= 15 is 0 Å². The molecule has 152 valence electrons. The average molecular weight is 401 g/mol. The van der Waals surface area contributed by atoms with Crippen LogP contribution in [-0.2, 0) is 11.3 Å². The Balaban J connectivity index is 1.68. The van der Waals surface area contributed by atoms with Gasteiger partial charge in [0.15, 0.2) is 0 Å². The molecule has 0 radical (unpaired) electrons. The topological polar surface area (TPSA) is 143 Å². The van der Waals surface area contributed by atoms with Crippen LogP contribution in [0.1, 0.15) is 11.1 Å². The van der Waals surface area contributed by atoms with Crippen LogP contribution in [0.25, 0.3) is 0 Å². The fourth-order valence-electron chi connectivity index (χ4n) is 2.85. The van der Waals surface area contributed by atoms with Crippen molar-refractivity contribution in [3.05, 3.63) is 67.8 Å². The highest BCUT2D eigenvalue weighted by atomic mass is 16.6. The Labute approximate surface area is 165 Å². The molecule has 11 nitrogen and oxygen atoms in total. The molecule has 0 amide bonds. The van der Waals surface area contributed by atoms with E-state index in [0.717, 1.165) is 30.8 Å². The Hall–Kier alpha value is -3.57. The zero-order valence-corrected chi connectivity index (χ0v) is 15.4. The highest BCUT2D eigenvalue weighted by Crippen LogP contribution is 2.29. The van der Waals surface area contributed by atoms with Crippen LogP contribution in [0, 0.1) is 20.2 Å². The number of morpholine rings is 1. The van der Waals surface area contributed by atoms with E-state index in [0.29, 0.717) is 25.3 Å². The van der Waals surface area contributed by atoms with Crippen molar-refractivity contribution in [3.63, 3.8) is 0 Å². The quantitative estimate of drug-likeness (QED) is 0.409. The molecule has 1 aliphatic rings. The van der Waals surface area contributed by atoms with Crippen LogP contribution in [0.5, 0.6) is 5.75 Å². The van der Waals surface area contributed by atoms with Crippen molar-refractivity contribution in [2.45, 2.75) is 6.54 Å². The molecule has 0 atom stereocenters. The fraction of sp³-hybridized carbons (Fsp3) is 0.278. The molecule has 0 aromatic heterocycles. The minimum Gasteiger partial charge on any atom is -0.508 e. The highest BCUT2D eigenvalue weighted by Gasteiger charge is 2.19. The number of phenols is 1. The van der Waals surface area contributed by atoms with Crippen molar-refractivity contribution < 1.29 is 19.7 Å². The number of ether oxygens (including phenoxy) is 1. The van der Waals surface area contributed by atoms with Gasteiger partial charge in [0, 0.05) is 31.3 Å². The van der Waals surface area contributed by atoms with Crippen LogP contribution in [-0.4, -0.2) is 52.4 Å². The summed E-state index contributed by atoms with van der Waals surface area (Å²) in [5.74, 6) is 0.127. The van der Waals surface area contributed by atoms with Gasteiger partial charge in [0.1, 0.15) is 11.4 Å². The van der Waals surface area contributed by atoms with Gasteiger partial charge in [0.05, 0.1) is 35.3 Å². The smallest absolute Gasteiger partial charge is 0.301 e. The summed E-state index contributed by atoms with van der Waals surface area (Å²) < 4.78 is 5.30. The van der Waals surface area contributed by atoms with Crippen molar-refractivity contribution in [1.82, 2.24) is 4.90 Å². The molecule has 3 rings (SSSR count). The lowest BCUT2D eigenvalue weighted by Gasteiger charge is -2.26. The van der Waals surface area contributed by atoms with E-state index < -0.39 is 15.5 Å². The number of non-ortho nitro benzene ring substituents is 1. The molecule has 0 aliphatic carbocycles. The number of nitro benzene ring substituents is 2. The Morgan fingerprint density at radius 1 is 1.14 bits per heavy atom. The van der Waals surface area contributed by atoms with Gasteiger partial charge in [0.2, 0.25) is 0 Å². The monoisotopic (exact) mass is 401 g/mol. The van der Waals surface area contributed by atoms with Gasteiger partial charge in [-0.25, -0.2) is 0 Å². The number of nitro groups is 2. The summed E-state index contributed by atoms with van der Waals surface area (Å²) in [7, 11) is 0. The lowest BCUT2D eigenvalue weighted by Crippen LogP contribution is -2.35. The number of anilines is 1. The maximum Gasteiger partial charge on any atom is 0.301 e. The van der Waals surface area contributed by atoms with Gasteiger partial charge in [-0.2, -0.15) is 5.10 Å². The van der Waals surface area contributed by atoms with E-state index in [4.69, 9.17) is 4.74 Å². The summed E-state index contributed by atoms with van der Waals surface area (Å²) in [5, 5.41) is 36.1. The van der Waals surface area contributed by atoms with Gasteiger partial charge in [-0.3, -0.25) is 30.6 Å². The van der Waals surface area contributed by atoms with Crippen molar-refractivity contribution in [3.8, 4) is 5.75 Å². The second-order valence-electron chi connectivity index (χ2n) is 6.36. The lowest BCUT2D eigenvalue weighted by atomic mass is 10.1. The van der Waals surface area contributed by atoms with Gasteiger partial charge in [-0.05, 0) is 17.7 Å². The van der Waals surface area contributed by atoms with Crippen molar-refractivity contribution in [2.24, 2.45) is 5.10 Å². The zero-order valence-electron chi connectivity index (χ0n) is 15.4. The number of rotatable bonds is 7. The Morgan fingerprint density at radius 3 is 2.55 bits per heavy atom. The molecule has 1 heterocycles. The molecule has 1 saturated heterocycles. The van der Waals surface area contributed by atoms with Crippen LogP contribution in [0.3, 0.4) is 0 Å². The molecule has 29 heavy (non-hydrogen) atoms. The fourth-order valence-corrected chi connectivity index (χ4v) is 2.85. The molecule has 1 aliphatic heterocycles. The highest BCUT2D eigenvalue weighted by molar-refractivity contribution is 5.81. The largest absolute Gasteiger partial charge is 0.508 e. The maximum absolute atomic E-state index is 11.1. The predicted octanol–water partition coefficient (Wildman–Crippen LogP) is 2.49. The Bertz CT molecular complexity index is 942. The summed E-state index contributed by atoms with van der Waals surface area (Å²) in [6.07, 6.45) is 1.39. The molecule has 2 N–H and O–H groups in total. The summed E-state index contributed by atoms with van der Waals surface area (Å²) >= 11 is 0. The van der Waals surface area contributed by atoms with E-state index in [1.54, 1.807) is 18.2 Å². The molecule has 0 saturated carbocycles. The summed E-state index contributed by atoms with van der Waals surface area (Å²) in [6.45, 7) is 3.57. The molecule has 2 aromatic rings. The van der Waals surface area contributed by atoms with Crippen molar-refractivity contribution in [2.75, 3.05) is 31.7 Å². The molecule has 0 unspecified atom stereocenters. The first-order chi connectivity index (χ1) is 13.9. The first-order valence-corrected chi connectivity index (χ1v) is 8.78. The molecule has 0 spiro atoms. The first-order valence-electron chi connectivity index (χ1n) is 8.78. The molecule has 2 aromatic carbocycles. The second kappa shape index (κ2) is 9.08.